The molecule has 0 fully saturated rings. The van der Waals surface area contributed by atoms with Gasteiger partial charge in [0, 0.05) is 48.6 Å². The number of ketones is 2. The van der Waals surface area contributed by atoms with Gasteiger partial charge in [-0.25, -0.2) is 9.37 Å². The molecule has 6 nitrogen and oxygen atoms in total. The van der Waals surface area contributed by atoms with Crippen LogP contribution in [0.2, 0.25) is 0 Å². The SMILES string of the molecule is CC(=O)/C(=C(\C(C)=O)c1cnc2ccccn12)c1cn2c3c(cc(F)cc13)CN(C)CC2. The summed E-state index contributed by atoms with van der Waals surface area (Å²) in [7, 11) is 2.00. The third kappa shape index (κ3) is 3.17. The number of allylic oxidation sites excluding steroid dienone is 2. The van der Waals surface area contributed by atoms with Crippen molar-refractivity contribution in [1.29, 1.82) is 0 Å². The van der Waals surface area contributed by atoms with E-state index in [1.165, 1.54) is 19.9 Å². The number of nitrogens with zero attached hydrogens (tertiary/aromatic N) is 4. The van der Waals surface area contributed by atoms with Crippen LogP contribution in [0.25, 0.3) is 27.7 Å². The van der Waals surface area contributed by atoms with Crippen LogP contribution >= 0.6 is 0 Å². The number of halogens is 1. The lowest BCUT2D eigenvalue weighted by Gasteiger charge is -2.14. The van der Waals surface area contributed by atoms with Gasteiger partial charge in [0.15, 0.2) is 11.6 Å². The van der Waals surface area contributed by atoms with Gasteiger partial charge in [0.2, 0.25) is 0 Å². The Morgan fingerprint density at radius 3 is 2.59 bits per heavy atom. The smallest absolute Gasteiger partial charge is 0.162 e. The van der Waals surface area contributed by atoms with E-state index < -0.39 is 0 Å². The maximum absolute atomic E-state index is 14.7. The molecule has 4 heterocycles. The maximum Gasteiger partial charge on any atom is 0.162 e. The summed E-state index contributed by atoms with van der Waals surface area (Å²) in [6.07, 6.45) is 5.31. The predicted molar refractivity (Wildman–Crippen MR) is 122 cm³/mol. The number of carbonyl (C=O) groups is 2. The first-order chi connectivity index (χ1) is 15.3. The molecule has 0 saturated heterocycles. The molecule has 32 heavy (non-hydrogen) atoms. The van der Waals surface area contributed by atoms with E-state index in [0.717, 1.165) is 17.6 Å². The lowest BCUT2D eigenvalue weighted by atomic mass is 9.92. The number of benzene rings is 1. The van der Waals surface area contributed by atoms with Crippen LogP contribution in [-0.2, 0) is 22.7 Å². The van der Waals surface area contributed by atoms with Gasteiger partial charge in [0.1, 0.15) is 11.5 Å². The second-order valence-corrected chi connectivity index (χ2v) is 8.37. The Hall–Kier alpha value is -3.58. The Labute approximate surface area is 184 Å². The van der Waals surface area contributed by atoms with Crippen molar-refractivity contribution < 1.29 is 14.0 Å². The predicted octanol–water partition coefficient (Wildman–Crippen LogP) is 3.96. The van der Waals surface area contributed by atoms with E-state index in [1.54, 1.807) is 16.7 Å². The first-order valence-corrected chi connectivity index (χ1v) is 10.5. The fraction of sp³-hybridized carbons (Fsp3) is 0.240. The highest BCUT2D eigenvalue weighted by atomic mass is 19.1. The van der Waals surface area contributed by atoms with Crippen molar-refractivity contribution in [3.05, 3.63) is 71.6 Å². The summed E-state index contributed by atoms with van der Waals surface area (Å²) in [5.41, 5.74) is 4.15. The second kappa shape index (κ2) is 7.53. The molecule has 0 aliphatic carbocycles. The Morgan fingerprint density at radius 2 is 1.84 bits per heavy atom. The number of pyridine rings is 1. The number of rotatable bonds is 4. The lowest BCUT2D eigenvalue weighted by molar-refractivity contribution is -0.113. The van der Waals surface area contributed by atoms with E-state index in [9.17, 15) is 14.0 Å². The van der Waals surface area contributed by atoms with Crippen LogP contribution in [0.3, 0.4) is 0 Å². The van der Waals surface area contributed by atoms with Crippen molar-refractivity contribution in [2.45, 2.75) is 26.9 Å². The molecule has 0 radical (unpaired) electrons. The van der Waals surface area contributed by atoms with Crippen molar-refractivity contribution in [2.75, 3.05) is 13.6 Å². The van der Waals surface area contributed by atoms with Gasteiger partial charge < -0.3 is 9.47 Å². The van der Waals surface area contributed by atoms with Crippen LogP contribution in [0.4, 0.5) is 4.39 Å². The van der Waals surface area contributed by atoms with Gasteiger partial charge in [0.25, 0.3) is 0 Å². The van der Waals surface area contributed by atoms with Gasteiger partial charge in [0.05, 0.1) is 23.0 Å². The first-order valence-electron chi connectivity index (χ1n) is 10.5. The minimum absolute atomic E-state index is 0.245. The zero-order valence-electron chi connectivity index (χ0n) is 18.2. The zero-order valence-corrected chi connectivity index (χ0v) is 18.2. The third-order valence-corrected chi connectivity index (χ3v) is 6.08. The average molecular weight is 430 g/mol. The number of aromatic nitrogens is 3. The van der Waals surface area contributed by atoms with Crippen molar-refractivity contribution in [3.8, 4) is 0 Å². The van der Waals surface area contributed by atoms with E-state index in [4.69, 9.17) is 0 Å². The fourth-order valence-electron chi connectivity index (χ4n) is 4.74. The largest absolute Gasteiger partial charge is 0.345 e. The number of fused-ring (bicyclic) bond motifs is 1. The molecule has 0 atom stereocenters. The molecule has 5 rings (SSSR count). The van der Waals surface area contributed by atoms with Gasteiger partial charge in [-0.15, -0.1) is 0 Å². The van der Waals surface area contributed by atoms with E-state index >= 15 is 0 Å². The number of hydrogen-bond donors (Lipinski definition) is 0. The van der Waals surface area contributed by atoms with Crippen LogP contribution in [0, 0.1) is 5.82 Å². The average Bonchev–Trinajstić information content (AvgIpc) is 3.26. The van der Waals surface area contributed by atoms with Crippen LogP contribution < -0.4 is 0 Å². The molecule has 1 aliphatic rings. The Balaban J connectivity index is 1.87. The van der Waals surface area contributed by atoms with Gasteiger partial charge in [-0.1, -0.05) is 6.07 Å². The molecule has 0 bridgehead atoms. The Morgan fingerprint density at radius 1 is 1.06 bits per heavy atom. The minimum atomic E-state index is -0.358. The number of imidazole rings is 1. The highest BCUT2D eigenvalue weighted by Crippen LogP contribution is 2.37. The highest BCUT2D eigenvalue weighted by molar-refractivity contribution is 6.40. The molecular formula is C25H23FN4O2. The first kappa shape index (κ1) is 20.3. The van der Waals surface area contributed by atoms with Crippen LogP contribution in [-0.4, -0.2) is 44.0 Å². The molecule has 0 amide bonds. The van der Waals surface area contributed by atoms with Crippen LogP contribution in [0.5, 0.6) is 0 Å². The Bertz CT molecular complexity index is 1440. The topological polar surface area (TPSA) is 59.6 Å². The van der Waals surface area contributed by atoms with Crippen molar-refractivity contribution in [2.24, 2.45) is 0 Å². The summed E-state index contributed by atoms with van der Waals surface area (Å²) in [6.45, 7) is 5.02. The molecule has 0 unspecified atom stereocenters. The molecule has 1 aliphatic heterocycles. The summed E-state index contributed by atoms with van der Waals surface area (Å²) in [5.74, 6) is -0.853. The molecule has 7 heteroatoms. The monoisotopic (exact) mass is 430 g/mol. The molecule has 0 saturated carbocycles. The second-order valence-electron chi connectivity index (χ2n) is 8.37. The number of likely N-dealkylation sites (N-methyl/N-ethyl adjacent to an activating group) is 1. The summed E-state index contributed by atoms with van der Waals surface area (Å²) in [6, 6.07) is 8.57. The number of carbonyl (C=O) groups excluding carboxylic acids is 2. The lowest BCUT2D eigenvalue weighted by Crippen LogP contribution is -2.19. The van der Waals surface area contributed by atoms with Gasteiger partial charge in [-0.3, -0.25) is 14.0 Å². The van der Waals surface area contributed by atoms with Gasteiger partial charge in [-0.05, 0) is 50.7 Å². The van der Waals surface area contributed by atoms with Crippen molar-refractivity contribution in [1.82, 2.24) is 18.9 Å². The highest BCUT2D eigenvalue weighted by Gasteiger charge is 2.27. The fourth-order valence-corrected chi connectivity index (χ4v) is 4.74. The zero-order chi connectivity index (χ0) is 22.6. The minimum Gasteiger partial charge on any atom is -0.345 e. The van der Waals surface area contributed by atoms with Crippen LogP contribution in [0.1, 0.15) is 30.7 Å². The normalized spacial score (nSPS) is 15.1. The van der Waals surface area contributed by atoms with E-state index in [0.29, 0.717) is 35.4 Å². The van der Waals surface area contributed by atoms with Crippen molar-refractivity contribution in [3.63, 3.8) is 0 Å². The third-order valence-electron chi connectivity index (χ3n) is 6.08. The molecule has 4 aromatic rings. The molecule has 3 aromatic heterocycles. The van der Waals surface area contributed by atoms with E-state index in [1.807, 2.05) is 37.6 Å². The molecule has 0 N–H and O–H groups in total. The van der Waals surface area contributed by atoms with Crippen molar-refractivity contribution >= 4 is 39.3 Å². The molecule has 1 aromatic carbocycles. The van der Waals surface area contributed by atoms with E-state index in [2.05, 4.69) is 14.5 Å². The number of hydrogen-bond acceptors (Lipinski definition) is 4. The van der Waals surface area contributed by atoms with Crippen LogP contribution in [0.15, 0.2) is 48.9 Å². The maximum atomic E-state index is 14.7. The standard InChI is InChI=1S/C25H23FN4O2/c1-15(31)23(24(16(2)32)21-12-27-22-6-4-5-7-30(21)22)20-14-29-9-8-28(3)13-17-10-18(26)11-19(20)25(17)29/h4-7,10-12,14H,8-9,13H2,1-3H3/b24-23-. The summed E-state index contributed by atoms with van der Waals surface area (Å²) >= 11 is 0. The molecular weight excluding hydrogens is 407 g/mol. The van der Waals surface area contributed by atoms with E-state index in [-0.39, 0.29) is 28.5 Å². The summed E-state index contributed by atoms with van der Waals surface area (Å²) in [4.78, 5) is 32.5. The summed E-state index contributed by atoms with van der Waals surface area (Å²) < 4.78 is 18.5. The van der Waals surface area contributed by atoms with Gasteiger partial charge in [-0.2, -0.15) is 0 Å². The number of Topliss-reactive ketones (excluding diaryl/α,β-unsaturated/α-hetero) is 2. The molecule has 162 valence electrons. The molecule has 0 spiro atoms. The van der Waals surface area contributed by atoms with Gasteiger partial charge >= 0.3 is 0 Å². The Kier molecular flexibility index (Phi) is 4.78. The quantitative estimate of drug-likeness (QED) is 0.460. The summed E-state index contributed by atoms with van der Waals surface area (Å²) in [5, 5.41) is 0.646.